The number of nitrogens with one attached hydrogen (secondary N) is 1. The number of hydrogen-bond acceptors (Lipinski definition) is 7. The Morgan fingerprint density at radius 3 is 2.46 bits per heavy atom. The molecule has 26 heavy (non-hydrogen) atoms. The Morgan fingerprint density at radius 1 is 1.08 bits per heavy atom. The first kappa shape index (κ1) is 21.5. The number of alkyl carbamates (subject to hydrolysis) is 1. The van der Waals surface area contributed by atoms with Gasteiger partial charge in [0.15, 0.2) is 0 Å². The summed E-state index contributed by atoms with van der Waals surface area (Å²) in [7, 11) is 0. The summed E-state index contributed by atoms with van der Waals surface area (Å²) in [4.78, 5) is 38.2. The molecule has 0 bridgehead atoms. The molecule has 0 radical (unpaired) electrons. The second-order valence-corrected chi connectivity index (χ2v) is 6.54. The van der Waals surface area contributed by atoms with Crippen LogP contribution in [0.15, 0.2) is 18.7 Å². The molecule has 146 valence electrons. The molecular formula is C17H27N3O6. The van der Waals surface area contributed by atoms with Crippen LogP contribution in [0, 0.1) is 0 Å². The van der Waals surface area contributed by atoms with Gasteiger partial charge in [-0.05, 0) is 33.6 Å². The third-order valence-electron chi connectivity index (χ3n) is 3.01. The number of carbonyl (C=O) groups is 3. The Kier molecular flexibility index (Phi) is 9.18. The second kappa shape index (κ2) is 11.1. The van der Waals surface area contributed by atoms with Gasteiger partial charge in [-0.2, -0.15) is 0 Å². The molecule has 0 atom stereocenters. The van der Waals surface area contributed by atoms with Crippen LogP contribution in [0.3, 0.4) is 0 Å². The van der Waals surface area contributed by atoms with Gasteiger partial charge in [0.05, 0.1) is 0 Å². The Labute approximate surface area is 153 Å². The Balaban J connectivity index is 1.95. The lowest BCUT2D eigenvalue weighted by molar-refractivity contribution is -0.144. The highest BCUT2D eigenvalue weighted by atomic mass is 16.6. The summed E-state index contributed by atoms with van der Waals surface area (Å²) in [6, 6.07) is 0. The highest BCUT2D eigenvalue weighted by Gasteiger charge is 2.15. The molecule has 0 spiro atoms. The fraction of sp³-hybridized carbons (Fsp3) is 0.647. The number of aromatic nitrogens is 2. The third-order valence-corrected chi connectivity index (χ3v) is 3.01. The Hall–Kier alpha value is -2.58. The Morgan fingerprint density at radius 2 is 1.81 bits per heavy atom. The molecule has 0 saturated heterocycles. The van der Waals surface area contributed by atoms with E-state index in [9.17, 15) is 14.4 Å². The van der Waals surface area contributed by atoms with Gasteiger partial charge in [0.2, 0.25) is 0 Å². The van der Waals surface area contributed by atoms with Crippen molar-refractivity contribution >= 4 is 18.2 Å². The fourth-order valence-electron chi connectivity index (χ4n) is 1.87. The van der Waals surface area contributed by atoms with E-state index in [0.29, 0.717) is 13.0 Å². The van der Waals surface area contributed by atoms with Gasteiger partial charge in [-0.1, -0.05) is 6.42 Å². The van der Waals surface area contributed by atoms with Crippen molar-refractivity contribution in [3.05, 3.63) is 18.7 Å². The third kappa shape index (κ3) is 10.3. The first-order chi connectivity index (χ1) is 12.3. The minimum atomic E-state index is -0.573. The number of hydrogen-bond donors (Lipinski definition) is 1. The summed E-state index contributed by atoms with van der Waals surface area (Å²) in [5.41, 5.74) is -0.513. The second-order valence-electron chi connectivity index (χ2n) is 6.54. The molecule has 0 aliphatic rings. The predicted molar refractivity (Wildman–Crippen MR) is 92.6 cm³/mol. The van der Waals surface area contributed by atoms with Gasteiger partial charge in [0, 0.05) is 25.4 Å². The van der Waals surface area contributed by atoms with E-state index < -0.39 is 17.8 Å². The van der Waals surface area contributed by atoms with Crippen LogP contribution in [0.5, 0.6) is 0 Å². The van der Waals surface area contributed by atoms with E-state index in [0.717, 1.165) is 12.8 Å². The van der Waals surface area contributed by atoms with Gasteiger partial charge in [0.1, 0.15) is 25.1 Å². The van der Waals surface area contributed by atoms with E-state index in [1.165, 1.54) is 23.3 Å². The quantitative estimate of drug-likeness (QED) is 0.404. The van der Waals surface area contributed by atoms with Crippen LogP contribution in [0.25, 0.3) is 0 Å². The minimum Gasteiger partial charge on any atom is -0.462 e. The Bertz CT molecular complexity index is 566. The zero-order chi connectivity index (χ0) is 19.4. The van der Waals surface area contributed by atoms with E-state index in [-0.39, 0.29) is 25.6 Å². The van der Waals surface area contributed by atoms with Gasteiger partial charge < -0.3 is 19.5 Å². The molecule has 1 aromatic rings. The summed E-state index contributed by atoms with van der Waals surface area (Å²) in [6.07, 6.45) is 5.70. The van der Waals surface area contributed by atoms with Crippen LogP contribution >= 0.6 is 0 Å². The molecule has 1 rings (SSSR count). The number of imidazole rings is 1. The van der Waals surface area contributed by atoms with Crippen LogP contribution in [0.2, 0.25) is 0 Å². The molecule has 1 amide bonds. The average Bonchev–Trinajstić information content (AvgIpc) is 3.07. The summed E-state index contributed by atoms with van der Waals surface area (Å²) >= 11 is 0. The SMILES string of the molecule is CC(C)(C)OC(=O)NCCCCCC(=O)OCCOC(=O)n1ccnc1. The number of ether oxygens (including phenoxy) is 3. The maximum Gasteiger partial charge on any atom is 0.419 e. The largest absolute Gasteiger partial charge is 0.462 e. The van der Waals surface area contributed by atoms with Crippen molar-refractivity contribution in [1.82, 2.24) is 14.9 Å². The molecule has 1 aromatic heterocycles. The van der Waals surface area contributed by atoms with Gasteiger partial charge in [0.25, 0.3) is 0 Å². The van der Waals surface area contributed by atoms with Gasteiger partial charge in [-0.3, -0.25) is 4.79 Å². The summed E-state index contributed by atoms with van der Waals surface area (Å²) in [5, 5.41) is 2.66. The number of rotatable bonds is 9. The van der Waals surface area contributed by atoms with Crippen molar-refractivity contribution in [3.63, 3.8) is 0 Å². The van der Waals surface area contributed by atoms with Crippen LogP contribution in [0.1, 0.15) is 46.5 Å². The lowest BCUT2D eigenvalue weighted by atomic mass is 10.2. The van der Waals surface area contributed by atoms with Crippen LogP contribution in [-0.4, -0.2) is 53.1 Å². The zero-order valence-electron chi connectivity index (χ0n) is 15.5. The molecule has 0 aromatic carbocycles. The molecule has 0 saturated carbocycles. The highest BCUT2D eigenvalue weighted by Crippen LogP contribution is 2.06. The van der Waals surface area contributed by atoms with E-state index in [4.69, 9.17) is 14.2 Å². The molecule has 1 heterocycles. The zero-order valence-corrected chi connectivity index (χ0v) is 15.5. The van der Waals surface area contributed by atoms with Crippen LogP contribution in [-0.2, 0) is 19.0 Å². The van der Waals surface area contributed by atoms with Crippen LogP contribution in [0.4, 0.5) is 9.59 Å². The smallest absolute Gasteiger partial charge is 0.419 e. The standard InChI is InChI=1S/C17H27N3O6/c1-17(2,3)26-15(22)19-8-6-4-5-7-14(21)24-11-12-25-16(23)20-10-9-18-13-20/h9-10,13H,4-8,11-12H2,1-3H3,(H,19,22). The molecule has 0 aliphatic heterocycles. The molecule has 0 unspecified atom stereocenters. The van der Waals surface area contributed by atoms with E-state index in [1.54, 1.807) is 20.8 Å². The summed E-state index contributed by atoms with van der Waals surface area (Å²) < 4.78 is 16.2. The number of esters is 1. The first-order valence-corrected chi connectivity index (χ1v) is 8.55. The van der Waals surface area contributed by atoms with E-state index in [1.807, 2.05) is 0 Å². The molecular weight excluding hydrogens is 342 g/mol. The van der Waals surface area contributed by atoms with Crippen molar-refractivity contribution in [2.45, 2.75) is 52.1 Å². The van der Waals surface area contributed by atoms with Crippen molar-refractivity contribution in [3.8, 4) is 0 Å². The van der Waals surface area contributed by atoms with E-state index in [2.05, 4.69) is 10.3 Å². The molecule has 9 nitrogen and oxygen atoms in total. The first-order valence-electron chi connectivity index (χ1n) is 8.55. The molecule has 1 N–H and O–H groups in total. The number of nitrogens with zero attached hydrogens (tertiary/aromatic N) is 2. The summed E-state index contributed by atoms with van der Waals surface area (Å²) in [5.74, 6) is -0.344. The summed E-state index contributed by atoms with van der Waals surface area (Å²) in [6.45, 7) is 5.90. The maximum atomic E-state index is 11.5. The topological polar surface area (TPSA) is 109 Å². The number of amides is 1. The van der Waals surface area contributed by atoms with Crippen molar-refractivity contribution in [2.75, 3.05) is 19.8 Å². The normalized spacial score (nSPS) is 10.9. The van der Waals surface area contributed by atoms with Gasteiger partial charge in [-0.15, -0.1) is 0 Å². The molecule has 0 aliphatic carbocycles. The van der Waals surface area contributed by atoms with Crippen molar-refractivity contribution < 1.29 is 28.6 Å². The average molecular weight is 369 g/mol. The predicted octanol–water partition coefficient (Wildman–Crippen LogP) is 2.50. The highest BCUT2D eigenvalue weighted by molar-refractivity contribution is 5.70. The monoisotopic (exact) mass is 369 g/mol. The van der Waals surface area contributed by atoms with Crippen molar-refractivity contribution in [2.24, 2.45) is 0 Å². The number of unbranched alkanes of at least 4 members (excludes halogenated alkanes) is 2. The lowest BCUT2D eigenvalue weighted by Gasteiger charge is -2.19. The number of carbonyl (C=O) groups excluding carboxylic acids is 3. The van der Waals surface area contributed by atoms with Gasteiger partial charge in [-0.25, -0.2) is 19.1 Å². The maximum absolute atomic E-state index is 11.5. The van der Waals surface area contributed by atoms with E-state index >= 15 is 0 Å². The van der Waals surface area contributed by atoms with Crippen LogP contribution < -0.4 is 5.32 Å². The minimum absolute atomic E-state index is 0.0113. The molecule has 0 fully saturated rings. The van der Waals surface area contributed by atoms with Crippen molar-refractivity contribution in [1.29, 1.82) is 0 Å². The molecule has 9 heteroatoms. The fourth-order valence-corrected chi connectivity index (χ4v) is 1.87. The van der Waals surface area contributed by atoms with Gasteiger partial charge >= 0.3 is 18.2 Å². The lowest BCUT2D eigenvalue weighted by Crippen LogP contribution is -2.32.